The number of aromatic amines is 2. The molecule has 6 heterocycles. The van der Waals surface area contributed by atoms with Crippen molar-refractivity contribution >= 4 is 58.0 Å². The fourth-order valence-corrected chi connectivity index (χ4v) is 4.58. The molecular weight excluding hydrogens is 522 g/mol. The van der Waals surface area contributed by atoms with E-state index in [9.17, 15) is 0 Å². The molecule has 10 nitrogen and oxygen atoms in total. The summed E-state index contributed by atoms with van der Waals surface area (Å²) >= 11 is 23.7. The lowest BCUT2D eigenvalue weighted by Crippen LogP contribution is -2.31. The van der Waals surface area contributed by atoms with E-state index in [-0.39, 0.29) is 10.6 Å². The molecular formula is C20H18Cl4N10. The Bertz CT molecular complexity index is 1210. The number of aromatic nitrogens is 8. The smallest absolute Gasteiger partial charge is 0.224 e. The third-order valence-corrected chi connectivity index (χ3v) is 6.44. The van der Waals surface area contributed by atoms with Crippen LogP contribution >= 0.6 is 46.4 Å². The molecule has 0 saturated heterocycles. The summed E-state index contributed by atoms with van der Waals surface area (Å²) in [5.41, 5.74) is 4.42. The standard InChI is InChI=1S/2C10H9Cl2N5/c2*11-6-3-13-10(12)16-9(6)17-2-1-7-8(4-17)15-5-14-7/h2*3,5H,1-2,4H2,(H,14,15). The van der Waals surface area contributed by atoms with Crippen molar-refractivity contribution in [3.05, 3.63) is 68.4 Å². The van der Waals surface area contributed by atoms with Crippen LogP contribution in [0.4, 0.5) is 11.6 Å². The van der Waals surface area contributed by atoms with Gasteiger partial charge >= 0.3 is 0 Å². The molecule has 0 aliphatic carbocycles. The highest BCUT2D eigenvalue weighted by Crippen LogP contribution is 2.29. The van der Waals surface area contributed by atoms with E-state index in [0.29, 0.717) is 34.8 Å². The molecule has 0 unspecified atom stereocenters. The van der Waals surface area contributed by atoms with Gasteiger partial charge in [-0.05, 0) is 23.2 Å². The van der Waals surface area contributed by atoms with Crippen LogP contribution in [0.3, 0.4) is 0 Å². The fraction of sp³-hybridized carbons (Fsp3) is 0.300. The topological polar surface area (TPSA) is 115 Å². The second-order valence-electron chi connectivity index (χ2n) is 7.62. The number of halogens is 4. The molecule has 14 heteroatoms. The van der Waals surface area contributed by atoms with Gasteiger partial charge in [-0.15, -0.1) is 0 Å². The summed E-state index contributed by atoms with van der Waals surface area (Å²) < 4.78 is 0. The molecule has 0 saturated carbocycles. The van der Waals surface area contributed by atoms with Crippen LogP contribution in [0.25, 0.3) is 0 Å². The second-order valence-corrected chi connectivity index (χ2v) is 9.11. The number of rotatable bonds is 2. The van der Waals surface area contributed by atoms with Crippen molar-refractivity contribution in [2.24, 2.45) is 0 Å². The summed E-state index contributed by atoms with van der Waals surface area (Å²) in [6.07, 6.45) is 8.21. The molecule has 0 fully saturated rings. The lowest BCUT2D eigenvalue weighted by atomic mass is 10.1. The van der Waals surface area contributed by atoms with Crippen LogP contribution < -0.4 is 9.80 Å². The summed E-state index contributed by atoms with van der Waals surface area (Å²) in [6.45, 7) is 3.07. The molecule has 2 aliphatic rings. The molecule has 2 N–H and O–H groups in total. The van der Waals surface area contributed by atoms with Gasteiger partial charge in [0.15, 0.2) is 11.6 Å². The van der Waals surface area contributed by atoms with E-state index in [1.807, 2.05) is 0 Å². The summed E-state index contributed by atoms with van der Waals surface area (Å²) in [5.74, 6) is 1.35. The van der Waals surface area contributed by atoms with E-state index in [1.165, 1.54) is 12.4 Å². The molecule has 0 bridgehead atoms. The van der Waals surface area contributed by atoms with E-state index in [0.717, 1.165) is 48.7 Å². The molecule has 0 radical (unpaired) electrons. The quantitative estimate of drug-likeness (QED) is 0.365. The van der Waals surface area contributed by atoms with Crippen molar-refractivity contribution in [2.45, 2.75) is 25.9 Å². The average molecular weight is 540 g/mol. The van der Waals surface area contributed by atoms with Crippen LogP contribution in [0.1, 0.15) is 22.8 Å². The van der Waals surface area contributed by atoms with Crippen LogP contribution in [0.2, 0.25) is 20.6 Å². The van der Waals surface area contributed by atoms with Crippen LogP contribution in [-0.2, 0) is 25.9 Å². The lowest BCUT2D eigenvalue weighted by Gasteiger charge is -2.27. The minimum Gasteiger partial charge on any atom is -0.349 e. The Morgan fingerprint density at radius 3 is 1.53 bits per heavy atom. The normalized spacial score (nSPS) is 14.8. The first kappa shape index (κ1) is 23.1. The lowest BCUT2D eigenvalue weighted by molar-refractivity contribution is 0.700. The Morgan fingerprint density at radius 2 is 1.09 bits per heavy atom. The molecule has 0 amide bonds. The third-order valence-electron chi connectivity index (χ3n) is 5.54. The summed E-state index contributed by atoms with van der Waals surface area (Å²) in [7, 11) is 0. The van der Waals surface area contributed by atoms with Crippen LogP contribution in [0.5, 0.6) is 0 Å². The largest absolute Gasteiger partial charge is 0.349 e. The summed E-state index contributed by atoms with van der Waals surface area (Å²) in [4.78, 5) is 34.9. The Kier molecular flexibility index (Phi) is 6.73. The molecule has 0 aromatic carbocycles. The van der Waals surface area contributed by atoms with Crippen molar-refractivity contribution in [2.75, 3.05) is 22.9 Å². The van der Waals surface area contributed by atoms with Gasteiger partial charge in [0.25, 0.3) is 0 Å². The van der Waals surface area contributed by atoms with Gasteiger partial charge in [-0.25, -0.2) is 19.9 Å². The highest BCUT2D eigenvalue weighted by molar-refractivity contribution is 6.34. The molecule has 0 spiro atoms. The minimum atomic E-state index is 0.208. The molecule has 0 atom stereocenters. The van der Waals surface area contributed by atoms with Crippen LogP contribution in [-0.4, -0.2) is 53.0 Å². The van der Waals surface area contributed by atoms with Crippen molar-refractivity contribution in [3.8, 4) is 0 Å². The molecule has 4 aromatic heterocycles. The molecule has 4 aromatic rings. The number of hydrogen-bond donors (Lipinski definition) is 2. The molecule has 176 valence electrons. The molecule has 2 aliphatic heterocycles. The number of nitrogens with one attached hydrogen (secondary N) is 2. The number of nitrogens with zero attached hydrogens (tertiary/aromatic N) is 8. The summed E-state index contributed by atoms with van der Waals surface area (Å²) in [5, 5.41) is 1.44. The molecule has 6 rings (SSSR count). The van der Waals surface area contributed by atoms with Gasteiger partial charge in [0.05, 0.1) is 60.9 Å². The zero-order valence-corrected chi connectivity index (χ0v) is 20.7. The number of H-pyrrole nitrogens is 2. The van der Waals surface area contributed by atoms with E-state index in [1.54, 1.807) is 12.7 Å². The fourth-order valence-electron chi connectivity index (χ4n) is 3.90. The zero-order chi connectivity index (χ0) is 23.7. The van der Waals surface area contributed by atoms with Crippen LogP contribution in [0.15, 0.2) is 25.0 Å². The first-order valence-corrected chi connectivity index (χ1v) is 11.9. The second kappa shape index (κ2) is 9.91. The van der Waals surface area contributed by atoms with Gasteiger partial charge < -0.3 is 19.8 Å². The van der Waals surface area contributed by atoms with Gasteiger partial charge in [0, 0.05) is 25.9 Å². The van der Waals surface area contributed by atoms with Gasteiger partial charge in [0.2, 0.25) is 10.6 Å². The van der Waals surface area contributed by atoms with E-state index >= 15 is 0 Å². The third kappa shape index (κ3) is 4.90. The number of anilines is 2. The SMILES string of the molecule is Clc1ncc(Cl)c(N2CCc3nc[nH]c3C2)n1.Clc1ncc(Cl)c(N2CCc3nc[nH]c3C2)n1. The van der Waals surface area contributed by atoms with Crippen molar-refractivity contribution in [1.29, 1.82) is 0 Å². The maximum absolute atomic E-state index is 6.08. The Labute approximate surface area is 214 Å². The number of fused-ring (bicyclic) bond motifs is 2. The van der Waals surface area contributed by atoms with E-state index in [4.69, 9.17) is 46.4 Å². The molecule has 34 heavy (non-hydrogen) atoms. The Hall–Kier alpha value is -2.66. The summed E-state index contributed by atoms with van der Waals surface area (Å²) in [6, 6.07) is 0. The van der Waals surface area contributed by atoms with E-state index < -0.39 is 0 Å². The highest BCUT2D eigenvalue weighted by Gasteiger charge is 2.22. The predicted molar refractivity (Wildman–Crippen MR) is 131 cm³/mol. The van der Waals surface area contributed by atoms with E-state index in [2.05, 4.69) is 49.7 Å². The van der Waals surface area contributed by atoms with Crippen LogP contribution in [0, 0.1) is 0 Å². The van der Waals surface area contributed by atoms with Crippen molar-refractivity contribution in [1.82, 2.24) is 39.9 Å². The minimum absolute atomic E-state index is 0.208. The van der Waals surface area contributed by atoms with Gasteiger partial charge in [-0.3, -0.25) is 0 Å². The Morgan fingerprint density at radius 1 is 0.647 bits per heavy atom. The van der Waals surface area contributed by atoms with Crippen molar-refractivity contribution < 1.29 is 0 Å². The van der Waals surface area contributed by atoms with Gasteiger partial charge in [-0.1, -0.05) is 23.2 Å². The maximum atomic E-state index is 6.08. The average Bonchev–Trinajstić information content (AvgIpc) is 3.51. The monoisotopic (exact) mass is 538 g/mol. The first-order chi connectivity index (χ1) is 16.5. The highest BCUT2D eigenvalue weighted by atomic mass is 35.5. The first-order valence-electron chi connectivity index (χ1n) is 10.4. The number of hydrogen-bond acceptors (Lipinski definition) is 8. The van der Waals surface area contributed by atoms with Gasteiger partial charge in [0.1, 0.15) is 10.0 Å². The predicted octanol–water partition coefficient (Wildman–Crippen LogP) is 4.14. The van der Waals surface area contributed by atoms with Crippen molar-refractivity contribution in [3.63, 3.8) is 0 Å². The van der Waals surface area contributed by atoms with Gasteiger partial charge in [-0.2, -0.15) is 9.97 Å². The Balaban J connectivity index is 0.000000142. The maximum Gasteiger partial charge on any atom is 0.224 e. The zero-order valence-electron chi connectivity index (χ0n) is 17.6. The number of imidazole rings is 2.